The van der Waals surface area contributed by atoms with E-state index in [2.05, 4.69) is 38.7 Å². The summed E-state index contributed by atoms with van der Waals surface area (Å²) in [7, 11) is 0. The highest BCUT2D eigenvalue weighted by molar-refractivity contribution is 9.10. The van der Waals surface area contributed by atoms with Gasteiger partial charge in [0.25, 0.3) is 0 Å². The highest BCUT2D eigenvalue weighted by atomic mass is 79.9. The molecule has 6 heteroatoms. The Balaban J connectivity index is 0.00000225. The molecule has 0 unspecified atom stereocenters. The highest BCUT2D eigenvalue weighted by Gasteiger charge is 2.28. The number of halogens is 2. The Labute approximate surface area is 162 Å². The first kappa shape index (κ1) is 19.8. The van der Waals surface area contributed by atoms with Crippen molar-refractivity contribution in [2.45, 2.75) is 31.5 Å². The van der Waals surface area contributed by atoms with E-state index in [9.17, 15) is 4.79 Å². The minimum absolute atomic E-state index is 0. The van der Waals surface area contributed by atoms with Crippen LogP contribution in [0.2, 0.25) is 0 Å². The first-order valence-electron chi connectivity index (χ1n) is 8.16. The summed E-state index contributed by atoms with van der Waals surface area (Å²) in [5.74, 6) is 0. The van der Waals surface area contributed by atoms with E-state index < -0.39 is 0 Å². The molecule has 1 saturated heterocycles. The maximum atomic E-state index is 12.1. The Bertz CT molecular complexity index is 684. The lowest BCUT2D eigenvalue weighted by molar-refractivity contribution is 0.134. The molecule has 2 aromatic carbocycles. The third kappa shape index (κ3) is 6.03. The number of hydrogen-bond acceptors (Lipinski definition) is 3. The molecule has 3 rings (SSSR count). The number of nitrogens with one attached hydrogen (secondary N) is 2. The van der Waals surface area contributed by atoms with Crippen LogP contribution in [0, 0.1) is 0 Å². The number of amides is 1. The van der Waals surface area contributed by atoms with Gasteiger partial charge in [-0.2, -0.15) is 0 Å². The monoisotopic (exact) mass is 424 g/mol. The topological polar surface area (TPSA) is 50.4 Å². The number of carbonyl (C=O) groups excluding carboxylic acids is 1. The maximum Gasteiger partial charge on any atom is 0.407 e. The van der Waals surface area contributed by atoms with Gasteiger partial charge in [-0.3, -0.25) is 0 Å². The van der Waals surface area contributed by atoms with Crippen molar-refractivity contribution in [2.75, 3.05) is 6.54 Å². The second kappa shape index (κ2) is 9.80. The molecule has 134 valence electrons. The zero-order valence-corrected chi connectivity index (χ0v) is 16.2. The van der Waals surface area contributed by atoms with Gasteiger partial charge in [0.05, 0.1) is 0 Å². The van der Waals surface area contributed by atoms with Gasteiger partial charge in [-0.25, -0.2) is 4.79 Å². The van der Waals surface area contributed by atoms with Gasteiger partial charge in [-0.05, 0) is 42.6 Å². The smallest absolute Gasteiger partial charge is 0.407 e. The van der Waals surface area contributed by atoms with E-state index in [-0.39, 0.29) is 30.6 Å². The quantitative estimate of drug-likeness (QED) is 0.759. The number of rotatable bonds is 5. The van der Waals surface area contributed by atoms with Gasteiger partial charge in [0.1, 0.15) is 6.61 Å². The Kier molecular flexibility index (Phi) is 7.75. The maximum absolute atomic E-state index is 12.1. The Morgan fingerprint density at radius 1 is 1.16 bits per heavy atom. The molecule has 2 aromatic rings. The lowest BCUT2D eigenvalue weighted by atomic mass is 10.0. The van der Waals surface area contributed by atoms with Crippen LogP contribution in [0.5, 0.6) is 0 Å². The van der Waals surface area contributed by atoms with Crippen molar-refractivity contribution < 1.29 is 9.53 Å². The van der Waals surface area contributed by atoms with Crippen LogP contribution in [-0.2, 0) is 17.8 Å². The average molecular weight is 426 g/mol. The van der Waals surface area contributed by atoms with Gasteiger partial charge < -0.3 is 15.4 Å². The average Bonchev–Trinajstić information content (AvgIpc) is 3.01. The van der Waals surface area contributed by atoms with Crippen LogP contribution < -0.4 is 10.6 Å². The van der Waals surface area contributed by atoms with Gasteiger partial charge in [0, 0.05) is 16.6 Å². The predicted molar refractivity (Wildman–Crippen MR) is 105 cm³/mol. The lowest BCUT2D eigenvalue weighted by Gasteiger charge is -2.21. The second-order valence-electron chi connectivity index (χ2n) is 6.00. The third-order valence-corrected chi connectivity index (χ3v) is 4.70. The second-order valence-corrected chi connectivity index (χ2v) is 6.91. The zero-order valence-electron chi connectivity index (χ0n) is 13.8. The van der Waals surface area contributed by atoms with Gasteiger partial charge >= 0.3 is 6.09 Å². The first-order valence-corrected chi connectivity index (χ1v) is 8.95. The highest BCUT2D eigenvalue weighted by Crippen LogP contribution is 2.17. The summed E-state index contributed by atoms with van der Waals surface area (Å²) in [6, 6.07) is 18.3. The summed E-state index contributed by atoms with van der Waals surface area (Å²) >= 11 is 3.50. The summed E-state index contributed by atoms with van der Waals surface area (Å²) < 4.78 is 6.40. The molecule has 2 N–H and O–H groups in total. The van der Waals surface area contributed by atoms with Gasteiger partial charge in [0.2, 0.25) is 0 Å². The molecule has 0 aromatic heterocycles. The van der Waals surface area contributed by atoms with Crippen LogP contribution in [0.1, 0.15) is 17.5 Å². The van der Waals surface area contributed by atoms with Crippen LogP contribution in [-0.4, -0.2) is 24.7 Å². The lowest BCUT2D eigenvalue weighted by Crippen LogP contribution is -2.44. The first-order chi connectivity index (χ1) is 11.7. The van der Waals surface area contributed by atoms with Gasteiger partial charge in [0.15, 0.2) is 0 Å². The third-order valence-electron chi connectivity index (χ3n) is 4.21. The molecule has 25 heavy (non-hydrogen) atoms. The molecule has 1 amide bonds. The summed E-state index contributed by atoms with van der Waals surface area (Å²) in [5, 5.41) is 6.47. The van der Waals surface area contributed by atoms with E-state index in [1.807, 2.05) is 42.5 Å². The molecule has 0 saturated carbocycles. The summed E-state index contributed by atoms with van der Waals surface area (Å²) in [5.41, 5.74) is 2.23. The van der Waals surface area contributed by atoms with Crippen LogP contribution >= 0.6 is 28.3 Å². The molecule has 0 bridgehead atoms. The minimum Gasteiger partial charge on any atom is -0.445 e. The largest absolute Gasteiger partial charge is 0.445 e. The predicted octanol–water partition coefficient (Wildman–Crippen LogP) is 4.07. The van der Waals surface area contributed by atoms with Gasteiger partial charge in [-0.15, -0.1) is 12.4 Å². The van der Waals surface area contributed by atoms with Crippen molar-refractivity contribution in [1.82, 2.24) is 10.6 Å². The van der Waals surface area contributed by atoms with Crippen LogP contribution in [0.15, 0.2) is 59.1 Å². The fraction of sp³-hybridized carbons (Fsp3) is 0.316. The Morgan fingerprint density at radius 3 is 2.68 bits per heavy atom. The molecule has 1 aliphatic heterocycles. The van der Waals surface area contributed by atoms with E-state index in [4.69, 9.17) is 4.74 Å². The Hall–Kier alpha value is -1.56. The standard InChI is InChI=1S/C19H21BrN2O2.ClH/c20-16-8-4-7-15(11-16)12-18-17(9-10-21-18)22-19(23)24-13-14-5-2-1-3-6-14;/h1-8,11,17-18,21H,9-10,12-13H2,(H,22,23);1H/t17-,18-;/m0./s1. The van der Waals surface area contributed by atoms with E-state index in [1.54, 1.807) is 0 Å². The molecular formula is C19H22BrClN2O2. The molecule has 1 fully saturated rings. The SMILES string of the molecule is Cl.O=C(N[C@H]1CCN[C@H]1Cc1cccc(Br)c1)OCc1ccccc1. The molecular weight excluding hydrogens is 404 g/mol. The van der Waals surface area contributed by atoms with Crippen LogP contribution in [0.3, 0.4) is 0 Å². The number of ether oxygens (including phenoxy) is 1. The minimum atomic E-state index is -0.355. The van der Waals surface area contributed by atoms with E-state index in [0.29, 0.717) is 6.61 Å². The molecule has 4 nitrogen and oxygen atoms in total. The van der Waals surface area contributed by atoms with Crippen molar-refractivity contribution in [2.24, 2.45) is 0 Å². The van der Waals surface area contributed by atoms with Crippen molar-refractivity contribution >= 4 is 34.4 Å². The molecule has 0 radical (unpaired) electrons. The van der Waals surface area contributed by atoms with Crippen molar-refractivity contribution in [3.05, 3.63) is 70.2 Å². The van der Waals surface area contributed by atoms with Gasteiger partial charge in [-0.1, -0.05) is 58.4 Å². The van der Waals surface area contributed by atoms with E-state index in [0.717, 1.165) is 29.4 Å². The zero-order chi connectivity index (χ0) is 16.8. The molecule has 0 aliphatic carbocycles. The molecule has 1 aliphatic rings. The van der Waals surface area contributed by atoms with Crippen LogP contribution in [0.25, 0.3) is 0 Å². The van der Waals surface area contributed by atoms with Crippen LogP contribution in [0.4, 0.5) is 4.79 Å². The normalized spacial score (nSPS) is 19.1. The van der Waals surface area contributed by atoms with Crippen molar-refractivity contribution in [3.8, 4) is 0 Å². The van der Waals surface area contributed by atoms with E-state index in [1.165, 1.54) is 5.56 Å². The molecule has 1 heterocycles. The summed E-state index contributed by atoms with van der Waals surface area (Å²) in [6.07, 6.45) is 1.44. The number of alkyl carbamates (subject to hydrolysis) is 1. The van der Waals surface area contributed by atoms with Crippen molar-refractivity contribution in [1.29, 1.82) is 0 Å². The summed E-state index contributed by atoms with van der Waals surface area (Å²) in [4.78, 5) is 12.1. The van der Waals surface area contributed by atoms with E-state index >= 15 is 0 Å². The molecule has 2 atom stereocenters. The van der Waals surface area contributed by atoms with Crippen molar-refractivity contribution in [3.63, 3.8) is 0 Å². The Morgan fingerprint density at radius 2 is 1.92 bits per heavy atom. The number of carbonyl (C=O) groups is 1. The number of hydrogen-bond donors (Lipinski definition) is 2. The fourth-order valence-corrected chi connectivity index (χ4v) is 3.44. The number of benzene rings is 2. The summed E-state index contributed by atoms with van der Waals surface area (Å²) in [6.45, 7) is 1.20. The molecule has 0 spiro atoms. The fourth-order valence-electron chi connectivity index (χ4n) is 2.99.